The fourth-order valence-corrected chi connectivity index (χ4v) is 3.99. The number of halogens is 1. The lowest BCUT2D eigenvalue weighted by atomic mass is 9.88. The molecular weight excluding hydrogens is 335 g/mol. The lowest BCUT2D eigenvalue weighted by molar-refractivity contribution is -0.186. The van der Waals surface area contributed by atoms with Crippen LogP contribution in [0.25, 0.3) is 0 Å². The SMILES string of the molecule is CC1OC2(CCN(CCCC(=O)c3ccc(F)cc3)CC2)CN(C)C1=O. The van der Waals surface area contributed by atoms with E-state index in [2.05, 4.69) is 4.90 Å². The molecule has 1 aromatic carbocycles. The lowest BCUT2D eigenvalue weighted by Crippen LogP contribution is -2.60. The number of Topliss-reactive ketones (excluding diaryl/α,β-unsaturated/α-hetero) is 1. The highest BCUT2D eigenvalue weighted by Gasteiger charge is 2.44. The van der Waals surface area contributed by atoms with Crippen molar-refractivity contribution < 1.29 is 18.7 Å². The molecule has 2 aliphatic heterocycles. The molecule has 2 aliphatic rings. The molecule has 5 nitrogen and oxygen atoms in total. The average molecular weight is 362 g/mol. The maximum atomic E-state index is 12.9. The zero-order chi connectivity index (χ0) is 18.7. The van der Waals surface area contributed by atoms with E-state index in [1.54, 1.807) is 17.0 Å². The van der Waals surface area contributed by atoms with Gasteiger partial charge in [-0.2, -0.15) is 0 Å². The van der Waals surface area contributed by atoms with Gasteiger partial charge in [-0.3, -0.25) is 9.59 Å². The number of likely N-dealkylation sites (tertiary alicyclic amines) is 1. The van der Waals surface area contributed by atoms with E-state index in [0.29, 0.717) is 18.5 Å². The second-order valence-electron chi connectivity index (χ2n) is 7.51. The first-order valence-corrected chi connectivity index (χ1v) is 9.32. The summed E-state index contributed by atoms with van der Waals surface area (Å²) in [6.45, 7) is 5.19. The number of rotatable bonds is 5. The molecule has 0 saturated carbocycles. The second-order valence-corrected chi connectivity index (χ2v) is 7.51. The first-order valence-electron chi connectivity index (χ1n) is 9.32. The van der Waals surface area contributed by atoms with Crippen molar-refractivity contribution in [3.05, 3.63) is 35.6 Å². The molecule has 2 fully saturated rings. The predicted octanol–water partition coefficient (Wildman–Crippen LogP) is 2.50. The third-order valence-electron chi connectivity index (χ3n) is 5.49. The zero-order valence-electron chi connectivity index (χ0n) is 15.5. The number of ketones is 1. The monoisotopic (exact) mass is 362 g/mol. The van der Waals surface area contributed by atoms with Crippen molar-refractivity contribution in [2.45, 2.75) is 44.3 Å². The molecule has 0 aliphatic carbocycles. The second kappa shape index (κ2) is 7.84. The third-order valence-corrected chi connectivity index (χ3v) is 5.49. The number of likely N-dealkylation sites (N-methyl/N-ethyl adjacent to an activating group) is 1. The predicted molar refractivity (Wildman–Crippen MR) is 96.6 cm³/mol. The number of ether oxygens (including phenoxy) is 1. The van der Waals surface area contributed by atoms with E-state index in [4.69, 9.17) is 4.74 Å². The standard InChI is InChI=1S/C20H27FN2O3/c1-15-19(25)22(2)14-20(26-15)9-12-23(13-10-20)11-3-4-18(24)16-5-7-17(21)8-6-16/h5-8,15H,3-4,9-14H2,1-2H3. The van der Waals surface area contributed by atoms with Gasteiger partial charge in [-0.15, -0.1) is 0 Å². The van der Waals surface area contributed by atoms with Gasteiger partial charge < -0.3 is 14.5 Å². The molecule has 0 aromatic heterocycles. The Hall–Kier alpha value is -1.79. The summed E-state index contributed by atoms with van der Waals surface area (Å²) in [6.07, 6.45) is 2.70. The van der Waals surface area contributed by atoms with Gasteiger partial charge in [0.1, 0.15) is 11.9 Å². The van der Waals surface area contributed by atoms with Crippen LogP contribution in [0.5, 0.6) is 0 Å². The van der Waals surface area contributed by atoms with Crippen molar-refractivity contribution in [2.24, 2.45) is 0 Å². The van der Waals surface area contributed by atoms with Crippen LogP contribution in [0.1, 0.15) is 43.0 Å². The fourth-order valence-electron chi connectivity index (χ4n) is 3.99. The van der Waals surface area contributed by atoms with Crippen LogP contribution in [0.2, 0.25) is 0 Å². The Bertz CT molecular complexity index is 638. The largest absolute Gasteiger partial charge is 0.360 e. The van der Waals surface area contributed by atoms with E-state index in [1.165, 1.54) is 12.1 Å². The molecule has 1 aromatic rings. The summed E-state index contributed by atoms with van der Waals surface area (Å²) in [4.78, 5) is 28.2. The number of carbonyl (C=O) groups excluding carboxylic acids is 2. The summed E-state index contributed by atoms with van der Waals surface area (Å²) < 4.78 is 19.0. The molecule has 0 bridgehead atoms. The normalized spacial score (nSPS) is 23.4. The van der Waals surface area contributed by atoms with E-state index in [0.717, 1.165) is 38.9 Å². The summed E-state index contributed by atoms with van der Waals surface area (Å²) >= 11 is 0. The van der Waals surface area contributed by atoms with Gasteiger partial charge in [-0.1, -0.05) is 0 Å². The van der Waals surface area contributed by atoms with E-state index >= 15 is 0 Å². The van der Waals surface area contributed by atoms with Crippen molar-refractivity contribution in [3.8, 4) is 0 Å². The van der Waals surface area contributed by atoms with Gasteiger partial charge in [-0.05, 0) is 57.0 Å². The number of hydrogen-bond donors (Lipinski definition) is 0. The molecule has 142 valence electrons. The highest BCUT2D eigenvalue weighted by molar-refractivity contribution is 5.95. The Labute approximate surface area is 154 Å². The van der Waals surface area contributed by atoms with Gasteiger partial charge in [0.05, 0.1) is 5.60 Å². The molecule has 6 heteroatoms. The first kappa shape index (κ1) is 19.0. The van der Waals surface area contributed by atoms with Crippen LogP contribution in [0.3, 0.4) is 0 Å². The molecule has 1 amide bonds. The fraction of sp³-hybridized carbons (Fsp3) is 0.600. The van der Waals surface area contributed by atoms with Gasteiger partial charge in [0.15, 0.2) is 5.78 Å². The Morgan fingerprint density at radius 2 is 1.92 bits per heavy atom. The van der Waals surface area contributed by atoms with Gasteiger partial charge in [0.25, 0.3) is 5.91 Å². The molecule has 0 radical (unpaired) electrons. The molecular formula is C20H27FN2O3. The van der Waals surface area contributed by atoms with Gasteiger partial charge >= 0.3 is 0 Å². The van der Waals surface area contributed by atoms with Crippen molar-refractivity contribution in [2.75, 3.05) is 33.2 Å². The maximum Gasteiger partial charge on any atom is 0.251 e. The summed E-state index contributed by atoms with van der Waals surface area (Å²) in [5, 5.41) is 0. The molecule has 3 rings (SSSR count). The molecule has 1 unspecified atom stereocenters. The number of benzene rings is 1. The number of hydrogen-bond acceptors (Lipinski definition) is 4. The minimum Gasteiger partial charge on any atom is -0.360 e. The molecule has 2 saturated heterocycles. The Morgan fingerprint density at radius 3 is 2.54 bits per heavy atom. The smallest absolute Gasteiger partial charge is 0.251 e. The van der Waals surface area contributed by atoms with Crippen LogP contribution in [0.15, 0.2) is 24.3 Å². The number of piperidine rings is 1. The highest BCUT2D eigenvalue weighted by Crippen LogP contribution is 2.32. The van der Waals surface area contributed by atoms with Crippen LogP contribution >= 0.6 is 0 Å². The first-order chi connectivity index (χ1) is 12.4. The van der Waals surface area contributed by atoms with E-state index in [1.807, 2.05) is 14.0 Å². The highest BCUT2D eigenvalue weighted by atomic mass is 19.1. The van der Waals surface area contributed by atoms with Crippen molar-refractivity contribution in [3.63, 3.8) is 0 Å². The quantitative estimate of drug-likeness (QED) is 0.755. The average Bonchev–Trinajstić information content (AvgIpc) is 2.62. The van der Waals surface area contributed by atoms with E-state index in [-0.39, 0.29) is 29.2 Å². The topological polar surface area (TPSA) is 49.9 Å². The van der Waals surface area contributed by atoms with E-state index in [9.17, 15) is 14.0 Å². The van der Waals surface area contributed by atoms with Crippen LogP contribution < -0.4 is 0 Å². The van der Waals surface area contributed by atoms with Crippen LogP contribution in [-0.2, 0) is 9.53 Å². The number of morpholine rings is 1. The van der Waals surface area contributed by atoms with Crippen molar-refractivity contribution in [1.29, 1.82) is 0 Å². The third kappa shape index (κ3) is 4.30. The summed E-state index contributed by atoms with van der Waals surface area (Å²) in [5.74, 6) is -0.212. The number of nitrogens with zero attached hydrogens (tertiary/aromatic N) is 2. The number of carbonyl (C=O) groups is 2. The maximum absolute atomic E-state index is 12.9. The summed E-state index contributed by atoms with van der Waals surface area (Å²) in [5.41, 5.74) is 0.351. The Morgan fingerprint density at radius 1 is 1.27 bits per heavy atom. The molecule has 1 spiro atoms. The van der Waals surface area contributed by atoms with Crippen LogP contribution in [0, 0.1) is 5.82 Å². The summed E-state index contributed by atoms with van der Waals surface area (Å²) in [6, 6.07) is 5.73. The zero-order valence-corrected chi connectivity index (χ0v) is 15.5. The molecule has 26 heavy (non-hydrogen) atoms. The molecule has 2 heterocycles. The van der Waals surface area contributed by atoms with Crippen molar-refractivity contribution in [1.82, 2.24) is 9.80 Å². The molecule has 1 atom stereocenters. The van der Waals surface area contributed by atoms with Gasteiger partial charge in [-0.25, -0.2) is 4.39 Å². The van der Waals surface area contributed by atoms with Gasteiger partial charge in [0.2, 0.25) is 0 Å². The molecule has 0 N–H and O–H groups in total. The van der Waals surface area contributed by atoms with Crippen LogP contribution in [0.4, 0.5) is 4.39 Å². The minimum absolute atomic E-state index is 0.0531. The Kier molecular flexibility index (Phi) is 5.73. The summed E-state index contributed by atoms with van der Waals surface area (Å²) in [7, 11) is 1.84. The van der Waals surface area contributed by atoms with Crippen LogP contribution in [-0.4, -0.2) is 66.4 Å². The van der Waals surface area contributed by atoms with E-state index < -0.39 is 0 Å². The van der Waals surface area contributed by atoms with Crippen molar-refractivity contribution >= 4 is 11.7 Å². The number of amides is 1. The minimum atomic E-state index is -0.367. The Balaban J connectivity index is 1.42. The lowest BCUT2D eigenvalue weighted by Gasteiger charge is -2.48. The van der Waals surface area contributed by atoms with Gasteiger partial charge in [0, 0.05) is 38.7 Å².